The molecular weight excluding hydrogens is 238 g/mol. The standard InChI is InChI=1S/C11H19N3O2S/c1-2-13-17(15,16)14-11-7-3-5-10(9-11)6-4-8-12/h3,5,7,9,13-14H,2,4,6,8,12H2,1H3. The number of benzene rings is 1. The average molecular weight is 257 g/mol. The van der Waals surface area contributed by atoms with Gasteiger partial charge >= 0.3 is 0 Å². The Labute approximate surface area is 103 Å². The van der Waals surface area contributed by atoms with Crippen molar-refractivity contribution in [2.45, 2.75) is 19.8 Å². The Morgan fingerprint density at radius 2 is 2.12 bits per heavy atom. The van der Waals surface area contributed by atoms with Gasteiger partial charge in [-0.05, 0) is 37.1 Å². The number of aryl methyl sites for hydroxylation is 1. The molecule has 0 unspecified atom stereocenters. The average Bonchev–Trinajstić information content (AvgIpc) is 2.26. The molecule has 6 heteroatoms. The first-order valence-corrected chi connectivity index (χ1v) is 7.12. The minimum Gasteiger partial charge on any atom is -0.330 e. The van der Waals surface area contributed by atoms with Crippen molar-refractivity contribution in [1.29, 1.82) is 0 Å². The van der Waals surface area contributed by atoms with Crippen LogP contribution in [0, 0.1) is 0 Å². The Hall–Kier alpha value is -1.11. The molecule has 0 aliphatic carbocycles. The molecule has 1 rings (SSSR count). The Morgan fingerprint density at radius 3 is 2.76 bits per heavy atom. The molecular formula is C11H19N3O2S. The zero-order valence-corrected chi connectivity index (χ0v) is 10.8. The molecule has 0 bridgehead atoms. The van der Waals surface area contributed by atoms with Crippen molar-refractivity contribution >= 4 is 15.9 Å². The lowest BCUT2D eigenvalue weighted by Gasteiger charge is -2.09. The van der Waals surface area contributed by atoms with E-state index >= 15 is 0 Å². The maximum Gasteiger partial charge on any atom is 0.299 e. The summed E-state index contributed by atoms with van der Waals surface area (Å²) in [5.41, 5.74) is 7.08. The third-order valence-corrected chi connectivity index (χ3v) is 3.36. The van der Waals surface area contributed by atoms with Crippen molar-refractivity contribution in [3.8, 4) is 0 Å². The SMILES string of the molecule is CCNS(=O)(=O)Nc1cccc(CCCN)c1. The van der Waals surface area contributed by atoms with E-state index in [2.05, 4.69) is 9.44 Å². The summed E-state index contributed by atoms with van der Waals surface area (Å²) in [5, 5.41) is 0. The van der Waals surface area contributed by atoms with E-state index in [0.29, 0.717) is 18.8 Å². The fraction of sp³-hybridized carbons (Fsp3) is 0.455. The molecule has 0 spiro atoms. The van der Waals surface area contributed by atoms with Crippen LogP contribution < -0.4 is 15.2 Å². The molecule has 0 radical (unpaired) electrons. The molecule has 0 fully saturated rings. The Balaban J connectivity index is 2.71. The van der Waals surface area contributed by atoms with Crippen molar-refractivity contribution in [1.82, 2.24) is 4.72 Å². The quantitative estimate of drug-likeness (QED) is 0.677. The summed E-state index contributed by atoms with van der Waals surface area (Å²) >= 11 is 0. The van der Waals surface area contributed by atoms with Gasteiger partial charge in [0.1, 0.15) is 0 Å². The highest BCUT2D eigenvalue weighted by Gasteiger charge is 2.07. The summed E-state index contributed by atoms with van der Waals surface area (Å²) in [6, 6.07) is 7.34. The van der Waals surface area contributed by atoms with E-state index < -0.39 is 10.2 Å². The third-order valence-electron chi connectivity index (χ3n) is 2.18. The highest BCUT2D eigenvalue weighted by atomic mass is 32.2. The summed E-state index contributed by atoms with van der Waals surface area (Å²) in [7, 11) is -3.45. The van der Waals surface area contributed by atoms with Crippen LogP contribution in [0.4, 0.5) is 5.69 Å². The highest BCUT2D eigenvalue weighted by molar-refractivity contribution is 7.90. The van der Waals surface area contributed by atoms with Gasteiger partial charge in [-0.1, -0.05) is 19.1 Å². The largest absolute Gasteiger partial charge is 0.330 e. The van der Waals surface area contributed by atoms with Crippen LogP contribution in [-0.4, -0.2) is 21.5 Å². The van der Waals surface area contributed by atoms with Gasteiger partial charge in [-0.15, -0.1) is 0 Å². The second-order valence-electron chi connectivity index (χ2n) is 3.70. The monoisotopic (exact) mass is 257 g/mol. The predicted molar refractivity (Wildman–Crippen MR) is 70.0 cm³/mol. The van der Waals surface area contributed by atoms with E-state index in [-0.39, 0.29) is 0 Å². The van der Waals surface area contributed by atoms with Crippen LogP contribution in [0.1, 0.15) is 18.9 Å². The van der Waals surface area contributed by atoms with Gasteiger partial charge < -0.3 is 5.73 Å². The van der Waals surface area contributed by atoms with Crippen molar-refractivity contribution in [2.75, 3.05) is 17.8 Å². The summed E-state index contributed by atoms with van der Waals surface area (Å²) in [4.78, 5) is 0. The Morgan fingerprint density at radius 1 is 1.35 bits per heavy atom. The van der Waals surface area contributed by atoms with Crippen LogP contribution in [0.2, 0.25) is 0 Å². The zero-order chi connectivity index (χ0) is 12.7. The number of nitrogens with one attached hydrogen (secondary N) is 2. The Kier molecular flexibility index (Phi) is 5.40. The molecule has 0 saturated carbocycles. The van der Waals surface area contributed by atoms with Crippen LogP contribution in [0.25, 0.3) is 0 Å². The first-order chi connectivity index (χ1) is 8.07. The van der Waals surface area contributed by atoms with Gasteiger partial charge in [0.25, 0.3) is 10.2 Å². The summed E-state index contributed by atoms with van der Waals surface area (Å²) in [6.07, 6.45) is 1.75. The molecule has 1 aromatic carbocycles. The molecule has 0 aliphatic heterocycles. The molecule has 5 nitrogen and oxygen atoms in total. The minimum atomic E-state index is -3.45. The normalized spacial score (nSPS) is 11.4. The number of anilines is 1. The molecule has 0 amide bonds. The molecule has 1 aromatic rings. The van der Waals surface area contributed by atoms with E-state index in [1.165, 1.54) is 0 Å². The maximum absolute atomic E-state index is 11.5. The molecule has 4 N–H and O–H groups in total. The van der Waals surface area contributed by atoms with Crippen LogP contribution in [0.3, 0.4) is 0 Å². The molecule has 17 heavy (non-hydrogen) atoms. The Bertz CT molecular complexity index is 446. The van der Waals surface area contributed by atoms with Crippen LogP contribution in [-0.2, 0) is 16.6 Å². The van der Waals surface area contributed by atoms with E-state index in [1.807, 2.05) is 18.2 Å². The number of hydrogen-bond donors (Lipinski definition) is 3. The van der Waals surface area contributed by atoms with Crippen molar-refractivity contribution < 1.29 is 8.42 Å². The molecule has 0 heterocycles. The van der Waals surface area contributed by atoms with Gasteiger partial charge in [0.2, 0.25) is 0 Å². The molecule has 0 saturated heterocycles. The van der Waals surface area contributed by atoms with Gasteiger partial charge in [-0.25, -0.2) is 0 Å². The molecule has 0 aliphatic rings. The van der Waals surface area contributed by atoms with Crippen LogP contribution >= 0.6 is 0 Å². The van der Waals surface area contributed by atoms with Gasteiger partial charge in [0.15, 0.2) is 0 Å². The van der Waals surface area contributed by atoms with Gasteiger partial charge in [-0.3, -0.25) is 4.72 Å². The lowest BCUT2D eigenvalue weighted by molar-refractivity contribution is 0.589. The summed E-state index contributed by atoms with van der Waals surface area (Å²) in [5.74, 6) is 0. The summed E-state index contributed by atoms with van der Waals surface area (Å²) in [6.45, 7) is 2.73. The van der Waals surface area contributed by atoms with Gasteiger partial charge in [-0.2, -0.15) is 13.1 Å². The van der Waals surface area contributed by atoms with E-state index in [4.69, 9.17) is 5.73 Å². The van der Waals surface area contributed by atoms with E-state index in [0.717, 1.165) is 18.4 Å². The van der Waals surface area contributed by atoms with E-state index in [9.17, 15) is 8.42 Å². The maximum atomic E-state index is 11.5. The molecule has 0 atom stereocenters. The lowest BCUT2D eigenvalue weighted by atomic mass is 10.1. The molecule has 0 aromatic heterocycles. The first kappa shape index (κ1) is 14.0. The predicted octanol–water partition coefficient (Wildman–Crippen LogP) is 0.844. The second-order valence-corrected chi connectivity index (χ2v) is 5.20. The van der Waals surface area contributed by atoms with Gasteiger partial charge in [0, 0.05) is 6.54 Å². The number of nitrogens with two attached hydrogens (primary N) is 1. The zero-order valence-electron chi connectivity index (χ0n) is 9.94. The lowest BCUT2D eigenvalue weighted by Crippen LogP contribution is -2.29. The van der Waals surface area contributed by atoms with Crippen molar-refractivity contribution in [3.63, 3.8) is 0 Å². The first-order valence-electron chi connectivity index (χ1n) is 5.64. The van der Waals surface area contributed by atoms with E-state index in [1.54, 1.807) is 13.0 Å². The van der Waals surface area contributed by atoms with Gasteiger partial charge in [0.05, 0.1) is 5.69 Å². The second kappa shape index (κ2) is 6.58. The topological polar surface area (TPSA) is 84.2 Å². The van der Waals surface area contributed by atoms with Crippen molar-refractivity contribution in [2.24, 2.45) is 5.73 Å². The number of hydrogen-bond acceptors (Lipinski definition) is 3. The minimum absolute atomic E-state index is 0.363. The van der Waals surface area contributed by atoms with Crippen molar-refractivity contribution in [3.05, 3.63) is 29.8 Å². The van der Waals surface area contributed by atoms with Crippen LogP contribution in [0.15, 0.2) is 24.3 Å². The summed E-state index contributed by atoms with van der Waals surface area (Å²) < 4.78 is 27.8. The highest BCUT2D eigenvalue weighted by Crippen LogP contribution is 2.13. The fourth-order valence-electron chi connectivity index (χ4n) is 1.48. The third kappa shape index (κ3) is 5.16. The fourth-order valence-corrected chi connectivity index (χ4v) is 2.37. The van der Waals surface area contributed by atoms with Crippen LogP contribution in [0.5, 0.6) is 0 Å². The molecule has 96 valence electrons. The smallest absolute Gasteiger partial charge is 0.299 e. The number of rotatable bonds is 7.